The molecule has 192 valence electrons. The van der Waals surface area contributed by atoms with Crippen molar-refractivity contribution in [3.8, 4) is 0 Å². The summed E-state index contributed by atoms with van der Waals surface area (Å²) >= 11 is 6.67. The number of carboxylic acid groups (broad SMARTS) is 1. The fraction of sp³-hybridized carbons (Fsp3) is 0.500. The van der Waals surface area contributed by atoms with E-state index in [0.717, 1.165) is 25.1 Å². The lowest BCUT2D eigenvalue weighted by atomic mass is 9.91. The molecule has 2 aliphatic rings. The minimum Gasteiger partial charge on any atom is -0.481 e. The van der Waals surface area contributed by atoms with Gasteiger partial charge in [-0.2, -0.15) is 0 Å². The molecule has 10 heteroatoms. The van der Waals surface area contributed by atoms with Crippen LogP contribution in [0.4, 0.5) is 5.82 Å². The van der Waals surface area contributed by atoms with E-state index in [0.29, 0.717) is 63.9 Å². The van der Waals surface area contributed by atoms with E-state index in [-0.39, 0.29) is 17.9 Å². The Morgan fingerprint density at radius 2 is 1.92 bits per heavy atom. The van der Waals surface area contributed by atoms with Gasteiger partial charge in [0.15, 0.2) is 0 Å². The third-order valence-electron chi connectivity index (χ3n) is 6.58. The first-order valence-corrected chi connectivity index (χ1v) is 13.6. The standard InChI is InChI=1S/C26H32N4O4S2/c1-16-8-9-21-27-23(28-13-17(2)11-18(3)14-28)19(24(33)30(21)15-16)12-20-25(34)29(26(35)36-20)10-6-4-5-7-22(31)32/h8-9,12,15,17-18H,4-7,10-11,13-14H2,1-3H3,(H,31,32)/b20-12+. The van der Waals surface area contributed by atoms with Crippen molar-refractivity contribution in [1.82, 2.24) is 14.3 Å². The summed E-state index contributed by atoms with van der Waals surface area (Å²) in [6.07, 6.45) is 6.61. The molecule has 2 aromatic heterocycles. The van der Waals surface area contributed by atoms with Crippen LogP contribution in [0.15, 0.2) is 28.0 Å². The summed E-state index contributed by atoms with van der Waals surface area (Å²) in [7, 11) is 0. The lowest BCUT2D eigenvalue weighted by molar-refractivity contribution is -0.137. The molecular weight excluding hydrogens is 496 g/mol. The molecule has 0 radical (unpaired) electrons. The Morgan fingerprint density at radius 1 is 1.19 bits per heavy atom. The summed E-state index contributed by atoms with van der Waals surface area (Å²) in [6.45, 7) is 8.38. The molecule has 4 heterocycles. The number of aromatic nitrogens is 2. The number of hydrogen-bond acceptors (Lipinski definition) is 7. The molecule has 1 N–H and O–H groups in total. The Balaban J connectivity index is 1.67. The van der Waals surface area contributed by atoms with Crippen LogP contribution in [0.3, 0.4) is 0 Å². The smallest absolute Gasteiger partial charge is 0.303 e. The third kappa shape index (κ3) is 5.81. The number of unbranched alkanes of at least 4 members (excludes halogenated alkanes) is 2. The van der Waals surface area contributed by atoms with Crippen molar-refractivity contribution in [2.45, 2.75) is 52.9 Å². The zero-order chi connectivity index (χ0) is 26.0. The van der Waals surface area contributed by atoms with E-state index >= 15 is 0 Å². The number of piperidine rings is 1. The molecule has 2 aromatic rings. The molecule has 2 unspecified atom stereocenters. The van der Waals surface area contributed by atoms with E-state index in [1.54, 1.807) is 21.6 Å². The molecule has 1 amide bonds. The number of carbonyl (C=O) groups is 2. The summed E-state index contributed by atoms with van der Waals surface area (Å²) in [4.78, 5) is 46.7. The van der Waals surface area contributed by atoms with Gasteiger partial charge >= 0.3 is 5.97 Å². The monoisotopic (exact) mass is 528 g/mol. The minimum atomic E-state index is -0.817. The molecule has 0 spiro atoms. The van der Waals surface area contributed by atoms with Gasteiger partial charge in [-0.3, -0.25) is 23.7 Å². The maximum atomic E-state index is 13.7. The van der Waals surface area contributed by atoms with Crippen molar-refractivity contribution >= 4 is 57.7 Å². The van der Waals surface area contributed by atoms with E-state index < -0.39 is 5.97 Å². The molecule has 0 aliphatic carbocycles. The number of pyridine rings is 1. The average Bonchev–Trinajstić information content (AvgIpc) is 3.07. The van der Waals surface area contributed by atoms with Crippen LogP contribution in [-0.2, 0) is 9.59 Å². The van der Waals surface area contributed by atoms with Crippen LogP contribution >= 0.6 is 24.0 Å². The van der Waals surface area contributed by atoms with Gasteiger partial charge in [-0.25, -0.2) is 4.98 Å². The topological polar surface area (TPSA) is 95.2 Å². The van der Waals surface area contributed by atoms with Gasteiger partial charge in [0, 0.05) is 32.3 Å². The summed E-state index contributed by atoms with van der Waals surface area (Å²) in [6, 6.07) is 3.79. The number of aryl methyl sites for hydroxylation is 1. The molecule has 2 fully saturated rings. The molecule has 36 heavy (non-hydrogen) atoms. The molecule has 0 bridgehead atoms. The number of aliphatic carboxylic acids is 1. The van der Waals surface area contributed by atoms with Crippen molar-refractivity contribution in [2.75, 3.05) is 24.5 Å². The summed E-state index contributed by atoms with van der Waals surface area (Å²) in [5.41, 5.74) is 1.72. The van der Waals surface area contributed by atoms with Gasteiger partial charge in [0.1, 0.15) is 15.8 Å². The Labute approximate surface area is 220 Å². The predicted octanol–water partition coefficient (Wildman–Crippen LogP) is 4.33. The van der Waals surface area contributed by atoms with Gasteiger partial charge in [-0.05, 0) is 55.7 Å². The van der Waals surface area contributed by atoms with Gasteiger partial charge in [0.05, 0.1) is 10.5 Å². The fourth-order valence-corrected chi connectivity index (χ4v) is 6.29. The number of hydrogen-bond donors (Lipinski definition) is 1. The molecular formula is C26H32N4O4S2. The number of anilines is 1. The number of nitrogens with zero attached hydrogens (tertiary/aromatic N) is 4. The van der Waals surface area contributed by atoms with Gasteiger partial charge in [0.25, 0.3) is 11.5 Å². The Hall–Kier alpha value is -2.72. The minimum absolute atomic E-state index is 0.118. The number of thiocarbonyl (C=S) groups is 1. The second-order valence-electron chi connectivity index (χ2n) is 9.98. The molecule has 0 saturated carbocycles. The maximum absolute atomic E-state index is 13.7. The molecule has 2 atom stereocenters. The summed E-state index contributed by atoms with van der Waals surface area (Å²) in [5.74, 6) is 0.519. The van der Waals surface area contributed by atoms with Gasteiger partial charge in [-0.1, -0.05) is 50.3 Å². The van der Waals surface area contributed by atoms with Crippen molar-refractivity contribution in [3.63, 3.8) is 0 Å². The fourth-order valence-electron chi connectivity index (χ4n) is 5.00. The van der Waals surface area contributed by atoms with E-state index in [1.807, 2.05) is 19.1 Å². The Morgan fingerprint density at radius 3 is 2.61 bits per heavy atom. The van der Waals surface area contributed by atoms with Crippen LogP contribution < -0.4 is 10.5 Å². The normalized spacial score (nSPS) is 21.7. The highest BCUT2D eigenvalue weighted by atomic mass is 32.2. The van der Waals surface area contributed by atoms with Crippen LogP contribution in [0.2, 0.25) is 0 Å². The van der Waals surface area contributed by atoms with Gasteiger partial charge < -0.3 is 10.0 Å². The molecule has 2 saturated heterocycles. The summed E-state index contributed by atoms with van der Waals surface area (Å²) < 4.78 is 2.00. The lowest BCUT2D eigenvalue weighted by Crippen LogP contribution is -2.40. The maximum Gasteiger partial charge on any atom is 0.303 e. The van der Waals surface area contributed by atoms with E-state index in [2.05, 4.69) is 18.7 Å². The van der Waals surface area contributed by atoms with Crippen molar-refractivity contribution in [2.24, 2.45) is 11.8 Å². The average molecular weight is 529 g/mol. The first kappa shape index (κ1) is 26.3. The van der Waals surface area contributed by atoms with Crippen LogP contribution in [0, 0.1) is 18.8 Å². The van der Waals surface area contributed by atoms with E-state index in [1.165, 1.54) is 11.8 Å². The largest absolute Gasteiger partial charge is 0.481 e. The third-order valence-corrected chi connectivity index (χ3v) is 7.95. The quantitative estimate of drug-likeness (QED) is 0.307. The second-order valence-corrected chi connectivity index (χ2v) is 11.7. The Bertz CT molecular complexity index is 1280. The van der Waals surface area contributed by atoms with Crippen molar-refractivity contribution in [3.05, 3.63) is 44.7 Å². The SMILES string of the molecule is Cc1ccc2nc(N3CC(C)CC(C)C3)c(/C=C3/SC(=S)N(CCCCCC(=O)O)C3=O)c(=O)n2c1. The molecule has 4 rings (SSSR count). The number of amides is 1. The molecule has 2 aliphatic heterocycles. The molecule has 0 aromatic carbocycles. The number of carbonyl (C=O) groups excluding carboxylic acids is 1. The number of rotatable bonds is 8. The number of carboxylic acids is 1. The number of fused-ring (bicyclic) bond motifs is 1. The van der Waals surface area contributed by atoms with E-state index in [4.69, 9.17) is 22.3 Å². The molecule has 8 nitrogen and oxygen atoms in total. The van der Waals surface area contributed by atoms with Crippen molar-refractivity contribution < 1.29 is 14.7 Å². The van der Waals surface area contributed by atoms with E-state index in [9.17, 15) is 14.4 Å². The predicted molar refractivity (Wildman–Crippen MR) is 147 cm³/mol. The van der Waals surface area contributed by atoms with Crippen LogP contribution in [0.25, 0.3) is 11.7 Å². The zero-order valence-corrected chi connectivity index (χ0v) is 22.5. The van der Waals surface area contributed by atoms with Crippen LogP contribution in [0.5, 0.6) is 0 Å². The first-order valence-electron chi connectivity index (χ1n) is 12.4. The van der Waals surface area contributed by atoms with Gasteiger partial charge in [-0.15, -0.1) is 0 Å². The van der Waals surface area contributed by atoms with Crippen LogP contribution in [-0.4, -0.2) is 55.2 Å². The zero-order valence-electron chi connectivity index (χ0n) is 20.9. The number of thioether (sulfide) groups is 1. The van der Waals surface area contributed by atoms with Crippen LogP contribution in [0.1, 0.15) is 57.1 Å². The summed E-state index contributed by atoms with van der Waals surface area (Å²) in [5, 5.41) is 8.80. The first-order chi connectivity index (χ1) is 17.1. The Kier molecular flexibility index (Phi) is 8.14. The highest BCUT2D eigenvalue weighted by molar-refractivity contribution is 8.26. The van der Waals surface area contributed by atoms with Gasteiger partial charge in [0.2, 0.25) is 0 Å². The van der Waals surface area contributed by atoms with Crippen molar-refractivity contribution in [1.29, 1.82) is 0 Å². The highest BCUT2D eigenvalue weighted by Gasteiger charge is 2.33. The highest BCUT2D eigenvalue weighted by Crippen LogP contribution is 2.34. The second kappa shape index (κ2) is 11.1. The lowest BCUT2D eigenvalue weighted by Gasteiger charge is -2.36.